The van der Waals surface area contributed by atoms with Crippen LogP contribution in [-0.2, 0) is 16.0 Å². The SMILES string of the molecule is CN(C(=O)OC(C)(C)C)C1CCc2cc(F)cc(F)c2NC1=O. The van der Waals surface area contributed by atoms with Gasteiger partial charge in [-0.05, 0) is 45.2 Å². The molecule has 0 aliphatic carbocycles. The molecule has 0 aromatic heterocycles. The Morgan fingerprint density at radius 1 is 1.35 bits per heavy atom. The Kier molecular flexibility index (Phi) is 4.58. The normalized spacial score (nSPS) is 17.8. The van der Waals surface area contributed by atoms with Crippen LogP contribution in [0.3, 0.4) is 0 Å². The molecule has 0 spiro atoms. The molecular formula is C16H20F2N2O3. The first-order chi connectivity index (χ1) is 10.6. The summed E-state index contributed by atoms with van der Waals surface area (Å²) in [7, 11) is 1.45. The van der Waals surface area contributed by atoms with Gasteiger partial charge in [0.1, 0.15) is 23.3 Å². The summed E-state index contributed by atoms with van der Waals surface area (Å²) in [6, 6.07) is 1.09. The van der Waals surface area contributed by atoms with Crippen molar-refractivity contribution in [3.63, 3.8) is 0 Å². The first kappa shape index (κ1) is 17.2. The fourth-order valence-corrected chi connectivity index (χ4v) is 2.42. The minimum absolute atomic E-state index is 0.0310. The number of likely N-dealkylation sites (N-methyl/N-ethyl adjacent to an activating group) is 1. The molecule has 2 amide bonds. The van der Waals surface area contributed by atoms with E-state index < -0.39 is 35.3 Å². The second kappa shape index (κ2) is 6.14. The Balaban J connectivity index is 2.20. The van der Waals surface area contributed by atoms with E-state index in [0.717, 1.165) is 6.07 Å². The zero-order valence-electron chi connectivity index (χ0n) is 13.6. The van der Waals surface area contributed by atoms with Gasteiger partial charge in [0.25, 0.3) is 0 Å². The zero-order chi connectivity index (χ0) is 17.4. The number of rotatable bonds is 1. The number of aryl methyl sites for hydroxylation is 1. The smallest absolute Gasteiger partial charge is 0.410 e. The lowest BCUT2D eigenvalue weighted by molar-refractivity contribution is -0.121. The van der Waals surface area contributed by atoms with E-state index in [1.165, 1.54) is 18.0 Å². The highest BCUT2D eigenvalue weighted by Crippen LogP contribution is 2.28. The maximum absolute atomic E-state index is 13.8. The van der Waals surface area contributed by atoms with E-state index in [1.807, 2.05) is 0 Å². The molecule has 1 aromatic rings. The second-order valence-corrected chi connectivity index (χ2v) is 6.56. The van der Waals surface area contributed by atoms with Crippen LogP contribution >= 0.6 is 0 Å². The summed E-state index contributed by atoms with van der Waals surface area (Å²) in [6.07, 6.45) is -0.131. The van der Waals surface area contributed by atoms with Crippen molar-refractivity contribution < 1.29 is 23.1 Å². The topological polar surface area (TPSA) is 58.6 Å². The van der Waals surface area contributed by atoms with Crippen LogP contribution in [0.25, 0.3) is 0 Å². The first-order valence-electron chi connectivity index (χ1n) is 7.33. The van der Waals surface area contributed by atoms with Gasteiger partial charge in [-0.3, -0.25) is 9.69 Å². The van der Waals surface area contributed by atoms with Crippen molar-refractivity contribution in [2.24, 2.45) is 0 Å². The summed E-state index contributed by atoms with van der Waals surface area (Å²) < 4.78 is 32.4. The molecule has 1 aliphatic rings. The van der Waals surface area contributed by atoms with Gasteiger partial charge in [-0.1, -0.05) is 0 Å². The molecule has 1 unspecified atom stereocenters. The lowest BCUT2D eigenvalue weighted by atomic mass is 10.0. The second-order valence-electron chi connectivity index (χ2n) is 6.56. The van der Waals surface area contributed by atoms with Crippen LogP contribution < -0.4 is 5.32 Å². The lowest BCUT2D eigenvalue weighted by Gasteiger charge is -2.29. The van der Waals surface area contributed by atoms with Crippen molar-refractivity contribution in [1.82, 2.24) is 4.90 Å². The van der Waals surface area contributed by atoms with Crippen molar-refractivity contribution in [3.8, 4) is 0 Å². The molecule has 1 heterocycles. The summed E-state index contributed by atoms with van der Waals surface area (Å²) in [5, 5.41) is 2.44. The van der Waals surface area contributed by atoms with E-state index in [-0.39, 0.29) is 18.5 Å². The zero-order valence-corrected chi connectivity index (χ0v) is 13.6. The Hall–Kier alpha value is -2.18. The number of benzene rings is 1. The average molecular weight is 326 g/mol. The number of fused-ring (bicyclic) bond motifs is 1. The van der Waals surface area contributed by atoms with Crippen LogP contribution in [0, 0.1) is 11.6 Å². The number of nitrogens with zero attached hydrogens (tertiary/aromatic N) is 1. The molecule has 126 valence electrons. The van der Waals surface area contributed by atoms with Crippen LogP contribution in [-0.4, -0.2) is 35.6 Å². The predicted molar refractivity (Wildman–Crippen MR) is 81.1 cm³/mol. The molecular weight excluding hydrogens is 306 g/mol. The highest BCUT2D eigenvalue weighted by molar-refractivity contribution is 5.98. The molecule has 2 rings (SSSR count). The summed E-state index contributed by atoms with van der Waals surface area (Å²) in [5.41, 5.74) is -0.350. The summed E-state index contributed by atoms with van der Waals surface area (Å²) in [6.45, 7) is 5.17. The number of carbonyl (C=O) groups is 2. The fraction of sp³-hybridized carbons (Fsp3) is 0.500. The molecule has 1 aliphatic heterocycles. The van der Waals surface area contributed by atoms with Gasteiger partial charge in [-0.15, -0.1) is 0 Å². The van der Waals surface area contributed by atoms with Crippen molar-refractivity contribution >= 4 is 17.7 Å². The van der Waals surface area contributed by atoms with Gasteiger partial charge in [0.05, 0.1) is 5.69 Å². The number of ether oxygens (including phenoxy) is 1. The monoisotopic (exact) mass is 326 g/mol. The fourth-order valence-electron chi connectivity index (χ4n) is 2.42. The average Bonchev–Trinajstić information content (AvgIpc) is 2.55. The Morgan fingerprint density at radius 2 is 2.00 bits per heavy atom. The van der Waals surface area contributed by atoms with Crippen LogP contribution in [0.15, 0.2) is 12.1 Å². The molecule has 0 radical (unpaired) electrons. The maximum Gasteiger partial charge on any atom is 0.410 e. The number of amides is 2. The van der Waals surface area contributed by atoms with Crippen LogP contribution in [0.4, 0.5) is 19.3 Å². The van der Waals surface area contributed by atoms with E-state index in [2.05, 4.69) is 5.32 Å². The van der Waals surface area contributed by atoms with E-state index in [9.17, 15) is 18.4 Å². The van der Waals surface area contributed by atoms with Gasteiger partial charge >= 0.3 is 6.09 Å². The summed E-state index contributed by atoms with van der Waals surface area (Å²) in [4.78, 5) is 25.6. The van der Waals surface area contributed by atoms with E-state index >= 15 is 0 Å². The van der Waals surface area contributed by atoms with E-state index in [0.29, 0.717) is 5.56 Å². The van der Waals surface area contributed by atoms with Crippen molar-refractivity contribution in [3.05, 3.63) is 29.3 Å². The van der Waals surface area contributed by atoms with Crippen molar-refractivity contribution in [2.45, 2.75) is 45.3 Å². The van der Waals surface area contributed by atoms with E-state index in [4.69, 9.17) is 4.74 Å². The van der Waals surface area contributed by atoms with Crippen molar-refractivity contribution in [2.75, 3.05) is 12.4 Å². The number of halogens is 2. The molecule has 5 nitrogen and oxygen atoms in total. The minimum Gasteiger partial charge on any atom is -0.444 e. The molecule has 0 saturated heterocycles. The molecule has 1 atom stereocenters. The number of hydrogen-bond acceptors (Lipinski definition) is 3. The Labute approximate surface area is 133 Å². The summed E-state index contributed by atoms with van der Waals surface area (Å²) in [5.74, 6) is -2.05. The molecule has 0 fully saturated rings. The van der Waals surface area contributed by atoms with Gasteiger partial charge in [-0.25, -0.2) is 13.6 Å². The van der Waals surface area contributed by atoms with Gasteiger partial charge in [-0.2, -0.15) is 0 Å². The maximum atomic E-state index is 13.8. The van der Waals surface area contributed by atoms with Gasteiger partial charge < -0.3 is 10.1 Å². The third kappa shape index (κ3) is 3.97. The number of carbonyl (C=O) groups excluding carboxylic acids is 2. The third-order valence-corrected chi connectivity index (χ3v) is 3.52. The molecule has 0 bridgehead atoms. The lowest BCUT2D eigenvalue weighted by Crippen LogP contribution is -2.46. The predicted octanol–water partition coefficient (Wildman–Crippen LogP) is 3.09. The Bertz CT molecular complexity index is 641. The van der Waals surface area contributed by atoms with Gasteiger partial charge in [0.15, 0.2) is 0 Å². The molecule has 0 saturated carbocycles. The highest BCUT2D eigenvalue weighted by atomic mass is 19.1. The van der Waals surface area contributed by atoms with Crippen LogP contribution in [0.5, 0.6) is 0 Å². The molecule has 1 aromatic carbocycles. The number of nitrogens with one attached hydrogen (secondary N) is 1. The highest BCUT2D eigenvalue weighted by Gasteiger charge is 2.33. The third-order valence-electron chi connectivity index (χ3n) is 3.52. The quantitative estimate of drug-likeness (QED) is 0.863. The minimum atomic E-state index is -0.825. The largest absolute Gasteiger partial charge is 0.444 e. The summed E-state index contributed by atoms with van der Waals surface area (Å²) >= 11 is 0. The molecule has 23 heavy (non-hydrogen) atoms. The van der Waals surface area contributed by atoms with Crippen LogP contribution in [0.2, 0.25) is 0 Å². The first-order valence-corrected chi connectivity index (χ1v) is 7.33. The molecule has 7 heteroatoms. The molecule has 1 N–H and O–H groups in total. The number of anilines is 1. The number of hydrogen-bond donors (Lipinski definition) is 1. The van der Waals surface area contributed by atoms with Gasteiger partial charge in [0.2, 0.25) is 5.91 Å². The van der Waals surface area contributed by atoms with Gasteiger partial charge in [0, 0.05) is 13.1 Å². The van der Waals surface area contributed by atoms with E-state index in [1.54, 1.807) is 20.8 Å². The standard InChI is InChI=1S/C16H20F2N2O3/c1-16(2,3)23-15(22)20(4)12-6-5-9-7-10(17)8-11(18)13(9)19-14(12)21/h7-8,12H,5-6H2,1-4H3,(H,19,21). The Morgan fingerprint density at radius 3 is 2.61 bits per heavy atom. The van der Waals surface area contributed by atoms with Crippen LogP contribution in [0.1, 0.15) is 32.8 Å². The van der Waals surface area contributed by atoms with Crippen molar-refractivity contribution in [1.29, 1.82) is 0 Å².